The van der Waals surface area contributed by atoms with Crippen LogP contribution in [0.25, 0.3) is 0 Å². The Morgan fingerprint density at radius 1 is 1.45 bits per heavy atom. The smallest absolute Gasteiger partial charge is 0.271 e. The molecule has 0 spiro atoms. The summed E-state index contributed by atoms with van der Waals surface area (Å²) in [6, 6.07) is 4.19. The molecule has 0 aromatic heterocycles. The number of benzene rings is 1. The summed E-state index contributed by atoms with van der Waals surface area (Å²) in [4.78, 5) is 24.8. The minimum atomic E-state index is -0.499. The Balaban J connectivity index is 0.00000242. The summed E-state index contributed by atoms with van der Waals surface area (Å²) in [5.41, 5.74) is 6.20. The van der Waals surface area contributed by atoms with Gasteiger partial charge in [-0.25, -0.2) is 0 Å². The molecule has 122 valence electrons. The number of nitrogens with zero attached hydrogens (tertiary/aromatic N) is 2. The SMILES string of the molecule is CC(N)C1CCCCN1C(=O)c1cc(Br)cc([N+](=O)[O-])c1.Cl. The Bertz CT molecular complexity index is 568. The molecule has 2 N–H and O–H groups in total. The molecular formula is C14H19BrClN3O3. The fraction of sp³-hybridized carbons (Fsp3) is 0.500. The largest absolute Gasteiger partial charge is 0.334 e. The van der Waals surface area contributed by atoms with Crippen molar-refractivity contribution in [1.29, 1.82) is 0 Å². The molecule has 2 rings (SSSR count). The molecule has 0 saturated carbocycles. The lowest BCUT2D eigenvalue weighted by Crippen LogP contribution is -2.51. The van der Waals surface area contributed by atoms with Gasteiger partial charge in [-0.3, -0.25) is 14.9 Å². The number of amides is 1. The van der Waals surface area contributed by atoms with E-state index in [0.29, 0.717) is 16.6 Å². The lowest BCUT2D eigenvalue weighted by Gasteiger charge is -2.38. The van der Waals surface area contributed by atoms with E-state index in [0.717, 1.165) is 19.3 Å². The molecule has 2 atom stereocenters. The molecule has 0 aliphatic carbocycles. The molecule has 1 aliphatic rings. The van der Waals surface area contributed by atoms with Gasteiger partial charge in [0.05, 0.1) is 4.92 Å². The second-order valence-electron chi connectivity index (χ2n) is 5.38. The number of halogens is 2. The van der Waals surface area contributed by atoms with Crippen molar-refractivity contribution >= 4 is 39.9 Å². The van der Waals surface area contributed by atoms with Crippen molar-refractivity contribution in [2.24, 2.45) is 5.73 Å². The molecule has 2 unspecified atom stereocenters. The first-order valence-electron chi connectivity index (χ1n) is 6.91. The van der Waals surface area contributed by atoms with Crippen LogP contribution in [-0.2, 0) is 0 Å². The van der Waals surface area contributed by atoms with Crippen molar-refractivity contribution in [2.75, 3.05) is 6.54 Å². The maximum atomic E-state index is 12.7. The number of carbonyl (C=O) groups excluding carboxylic acids is 1. The average Bonchev–Trinajstić information content (AvgIpc) is 2.45. The maximum Gasteiger partial charge on any atom is 0.271 e. The summed E-state index contributed by atoms with van der Waals surface area (Å²) in [5, 5.41) is 10.9. The number of carbonyl (C=O) groups is 1. The lowest BCUT2D eigenvalue weighted by molar-refractivity contribution is -0.385. The van der Waals surface area contributed by atoms with E-state index in [1.165, 1.54) is 12.1 Å². The monoisotopic (exact) mass is 391 g/mol. The van der Waals surface area contributed by atoms with Gasteiger partial charge in [0.15, 0.2) is 0 Å². The molecule has 0 radical (unpaired) electrons. The topological polar surface area (TPSA) is 89.5 Å². The van der Waals surface area contributed by atoms with E-state index in [2.05, 4.69) is 15.9 Å². The number of nitrogens with two attached hydrogens (primary N) is 1. The van der Waals surface area contributed by atoms with Gasteiger partial charge in [0.25, 0.3) is 11.6 Å². The molecule has 8 heteroatoms. The van der Waals surface area contributed by atoms with Gasteiger partial charge in [-0.1, -0.05) is 15.9 Å². The molecule has 1 amide bonds. The maximum absolute atomic E-state index is 12.7. The molecule has 1 aromatic rings. The van der Waals surface area contributed by atoms with Gasteiger partial charge in [0.2, 0.25) is 0 Å². The molecule has 1 heterocycles. The van der Waals surface area contributed by atoms with Crippen molar-refractivity contribution in [1.82, 2.24) is 4.90 Å². The Hall–Kier alpha value is -1.18. The molecule has 0 bridgehead atoms. The third-order valence-corrected chi connectivity index (χ3v) is 4.22. The van der Waals surface area contributed by atoms with Crippen LogP contribution in [0.15, 0.2) is 22.7 Å². The molecule has 6 nitrogen and oxygen atoms in total. The molecule has 22 heavy (non-hydrogen) atoms. The predicted octanol–water partition coefficient (Wildman–Crippen LogP) is 3.12. The van der Waals surface area contributed by atoms with E-state index < -0.39 is 4.92 Å². The van der Waals surface area contributed by atoms with E-state index >= 15 is 0 Å². The Labute approximate surface area is 143 Å². The fourth-order valence-corrected chi connectivity index (χ4v) is 3.21. The highest BCUT2D eigenvalue weighted by atomic mass is 79.9. The van der Waals surface area contributed by atoms with Crippen LogP contribution in [0.3, 0.4) is 0 Å². The normalized spacial score (nSPS) is 19.2. The van der Waals surface area contributed by atoms with Gasteiger partial charge in [-0.05, 0) is 32.3 Å². The average molecular weight is 393 g/mol. The zero-order valence-electron chi connectivity index (χ0n) is 12.2. The van der Waals surface area contributed by atoms with Gasteiger partial charge in [0, 0.05) is 40.8 Å². The Kier molecular flexibility index (Phi) is 6.77. The van der Waals surface area contributed by atoms with Crippen molar-refractivity contribution in [3.8, 4) is 0 Å². The second-order valence-corrected chi connectivity index (χ2v) is 6.29. The minimum Gasteiger partial charge on any atom is -0.334 e. The van der Waals surface area contributed by atoms with Gasteiger partial charge >= 0.3 is 0 Å². The van der Waals surface area contributed by atoms with Crippen LogP contribution >= 0.6 is 28.3 Å². The highest BCUT2D eigenvalue weighted by molar-refractivity contribution is 9.10. The number of likely N-dealkylation sites (tertiary alicyclic amines) is 1. The van der Waals surface area contributed by atoms with Crippen LogP contribution in [0, 0.1) is 10.1 Å². The number of hydrogen-bond donors (Lipinski definition) is 1. The van der Waals surface area contributed by atoms with Gasteiger partial charge in [0.1, 0.15) is 0 Å². The zero-order valence-corrected chi connectivity index (χ0v) is 14.6. The van der Waals surface area contributed by atoms with Crippen LogP contribution < -0.4 is 5.73 Å². The molecule has 1 fully saturated rings. The quantitative estimate of drug-likeness (QED) is 0.632. The minimum absolute atomic E-state index is 0. The van der Waals surface area contributed by atoms with Crippen molar-refractivity contribution < 1.29 is 9.72 Å². The number of nitro benzene ring substituents is 1. The number of hydrogen-bond acceptors (Lipinski definition) is 4. The standard InChI is InChI=1S/C14H18BrN3O3.ClH/c1-9(16)13-4-2-3-5-17(13)14(19)10-6-11(15)8-12(7-10)18(20)21;/h6-9,13H,2-5,16H2,1H3;1H. The number of rotatable bonds is 3. The van der Waals surface area contributed by atoms with Gasteiger partial charge < -0.3 is 10.6 Å². The predicted molar refractivity (Wildman–Crippen MR) is 90.4 cm³/mol. The number of nitro groups is 1. The third kappa shape index (κ3) is 4.18. The van der Waals surface area contributed by atoms with E-state index in [1.807, 2.05) is 6.92 Å². The highest BCUT2D eigenvalue weighted by Crippen LogP contribution is 2.26. The summed E-state index contributed by atoms with van der Waals surface area (Å²) in [6.45, 7) is 2.53. The van der Waals surface area contributed by atoms with E-state index in [9.17, 15) is 14.9 Å². The number of piperidine rings is 1. The lowest BCUT2D eigenvalue weighted by atomic mass is 9.96. The molecule has 1 aromatic carbocycles. The zero-order chi connectivity index (χ0) is 15.6. The molecule has 1 aliphatic heterocycles. The highest BCUT2D eigenvalue weighted by Gasteiger charge is 2.30. The van der Waals surface area contributed by atoms with Crippen molar-refractivity contribution in [2.45, 2.75) is 38.3 Å². The summed E-state index contributed by atoms with van der Waals surface area (Å²) < 4.78 is 0.523. The fourth-order valence-electron chi connectivity index (χ4n) is 2.73. The first-order valence-corrected chi connectivity index (χ1v) is 7.71. The Morgan fingerprint density at radius 3 is 2.73 bits per heavy atom. The van der Waals surface area contributed by atoms with Crippen LogP contribution in [0.4, 0.5) is 5.69 Å². The molecular weight excluding hydrogens is 374 g/mol. The van der Waals surface area contributed by atoms with E-state index in [4.69, 9.17) is 5.73 Å². The van der Waals surface area contributed by atoms with Crippen LogP contribution in [0.5, 0.6) is 0 Å². The van der Waals surface area contributed by atoms with E-state index in [1.54, 1.807) is 11.0 Å². The van der Waals surface area contributed by atoms with E-state index in [-0.39, 0.29) is 36.1 Å². The van der Waals surface area contributed by atoms with Crippen LogP contribution in [-0.4, -0.2) is 34.4 Å². The summed E-state index contributed by atoms with van der Waals surface area (Å²) in [5.74, 6) is -0.193. The molecule has 1 saturated heterocycles. The summed E-state index contributed by atoms with van der Waals surface area (Å²) >= 11 is 3.22. The summed E-state index contributed by atoms with van der Waals surface area (Å²) in [6.07, 6.45) is 2.86. The summed E-state index contributed by atoms with van der Waals surface area (Å²) in [7, 11) is 0. The van der Waals surface area contributed by atoms with Crippen LogP contribution in [0.2, 0.25) is 0 Å². The first kappa shape index (κ1) is 18.9. The first-order chi connectivity index (χ1) is 9.90. The van der Waals surface area contributed by atoms with Crippen molar-refractivity contribution in [3.05, 3.63) is 38.3 Å². The van der Waals surface area contributed by atoms with Gasteiger partial charge in [-0.2, -0.15) is 0 Å². The Morgan fingerprint density at radius 2 is 2.14 bits per heavy atom. The van der Waals surface area contributed by atoms with Crippen molar-refractivity contribution in [3.63, 3.8) is 0 Å². The van der Waals surface area contributed by atoms with Crippen LogP contribution in [0.1, 0.15) is 36.5 Å². The second kappa shape index (κ2) is 7.89. The third-order valence-electron chi connectivity index (χ3n) is 3.76. The number of non-ortho nitro benzene ring substituents is 1. The van der Waals surface area contributed by atoms with Gasteiger partial charge in [-0.15, -0.1) is 12.4 Å².